The number of carboxylic acids is 1. The van der Waals surface area contributed by atoms with E-state index in [2.05, 4.69) is 21.2 Å². The molecule has 2 rings (SSSR count). The Kier molecular flexibility index (Phi) is 4.14. The summed E-state index contributed by atoms with van der Waals surface area (Å²) in [6, 6.07) is 9.60. The number of halogens is 2. The lowest BCUT2D eigenvalue weighted by Gasteiger charge is -2.08. The van der Waals surface area contributed by atoms with Crippen LogP contribution < -0.4 is 5.32 Å². The summed E-state index contributed by atoms with van der Waals surface area (Å²) in [6.07, 6.45) is 0. The van der Waals surface area contributed by atoms with E-state index in [-0.39, 0.29) is 11.3 Å². The predicted molar refractivity (Wildman–Crippen MR) is 75.5 cm³/mol. The van der Waals surface area contributed by atoms with E-state index in [0.717, 1.165) is 22.7 Å². The highest BCUT2D eigenvalue weighted by Crippen LogP contribution is 2.19. The zero-order valence-corrected chi connectivity index (χ0v) is 11.6. The number of nitrogens with one attached hydrogen (secondary N) is 1. The average molecular weight is 338 g/mol. The summed E-state index contributed by atoms with van der Waals surface area (Å²) in [6.45, 7) is 0. The molecule has 2 N–H and O–H groups in total. The largest absolute Gasteiger partial charge is 0.478 e. The highest BCUT2D eigenvalue weighted by Gasteiger charge is 2.14. The monoisotopic (exact) mass is 337 g/mol. The van der Waals surface area contributed by atoms with Crippen LogP contribution in [0.25, 0.3) is 0 Å². The summed E-state index contributed by atoms with van der Waals surface area (Å²) in [7, 11) is 0. The maximum Gasteiger partial charge on any atom is 0.337 e. The van der Waals surface area contributed by atoms with Gasteiger partial charge in [-0.2, -0.15) is 0 Å². The molecule has 0 atom stereocenters. The Morgan fingerprint density at radius 3 is 2.35 bits per heavy atom. The number of carbonyl (C=O) groups is 2. The van der Waals surface area contributed by atoms with E-state index in [9.17, 15) is 14.0 Å². The number of aromatic carboxylic acids is 1. The van der Waals surface area contributed by atoms with E-state index < -0.39 is 17.7 Å². The maximum atomic E-state index is 13.2. The first-order valence-electron chi connectivity index (χ1n) is 5.57. The number of benzene rings is 2. The van der Waals surface area contributed by atoms with Gasteiger partial charge in [0.05, 0.1) is 11.3 Å². The molecule has 0 saturated carbocycles. The first-order valence-corrected chi connectivity index (χ1v) is 6.36. The molecule has 0 aliphatic rings. The molecule has 0 aromatic heterocycles. The van der Waals surface area contributed by atoms with Crippen LogP contribution in [-0.2, 0) is 0 Å². The van der Waals surface area contributed by atoms with Crippen molar-refractivity contribution in [1.82, 2.24) is 0 Å². The molecule has 0 heterocycles. The van der Waals surface area contributed by atoms with Crippen molar-refractivity contribution in [3.05, 3.63) is 63.9 Å². The van der Waals surface area contributed by atoms with Crippen LogP contribution in [-0.4, -0.2) is 17.0 Å². The summed E-state index contributed by atoms with van der Waals surface area (Å²) < 4.78 is 14.0. The van der Waals surface area contributed by atoms with Crippen LogP contribution in [0.15, 0.2) is 46.9 Å². The molecule has 0 bridgehead atoms. The quantitative estimate of drug-likeness (QED) is 0.900. The van der Waals surface area contributed by atoms with Crippen LogP contribution in [0, 0.1) is 5.82 Å². The lowest BCUT2D eigenvalue weighted by molar-refractivity contribution is 0.0698. The minimum atomic E-state index is -1.24. The summed E-state index contributed by atoms with van der Waals surface area (Å²) in [5.74, 6) is -2.37. The summed E-state index contributed by atoms with van der Waals surface area (Å²) in [5.41, 5.74) is 0.0936. The van der Waals surface area contributed by atoms with E-state index in [0.29, 0.717) is 5.56 Å². The number of hydrogen-bond acceptors (Lipinski definition) is 2. The third kappa shape index (κ3) is 3.21. The molecule has 2 aromatic rings. The van der Waals surface area contributed by atoms with Crippen LogP contribution in [0.4, 0.5) is 10.1 Å². The second-order valence-corrected chi connectivity index (χ2v) is 4.87. The van der Waals surface area contributed by atoms with Gasteiger partial charge in [-0.15, -0.1) is 0 Å². The van der Waals surface area contributed by atoms with E-state index in [1.165, 1.54) is 0 Å². The molecule has 0 saturated heterocycles. The number of carboxylic acid groups (broad SMARTS) is 1. The van der Waals surface area contributed by atoms with Crippen molar-refractivity contribution in [2.45, 2.75) is 0 Å². The lowest BCUT2D eigenvalue weighted by Crippen LogP contribution is -2.15. The zero-order chi connectivity index (χ0) is 14.7. The molecule has 0 radical (unpaired) electrons. The molecule has 0 fully saturated rings. The minimum absolute atomic E-state index is 0.0783. The van der Waals surface area contributed by atoms with Crippen LogP contribution >= 0.6 is 15.9 Å². The van der Waals surface area contributed by atoms with Crippen molar-refractivity contribution < 1.29 is 19.1 Å². The molecule has 0 aliphatic heterocycles. The SMILES string of the molecule is O=C(Nc1cc(F)ccc1C(=O)O)c1ccc(Br)cc1. The molecule has 1 amide bonds. The van der Waals surface area contributed by atoms with Gasteiger partial charge in [-0.05, 0) is 42.5 Å². The topological polar surface area (TPSA) is 66.4 Å². The standard InChI is InChI=1S/C14H9BrFNO3/c15-9-3-1-8(2-4-9)13(18)17-12-7-10(16)5-6-11(12)14(19)20/h1-7H,(H,17,18)(H,19,20). The second kappa shape index (κ2) is 5.83. The molecular weight excluding hydrogens is 329 g/mol. The Morgan fingerprint density at radius 1 is 1.10 bits per heavy atom. The molecule has 2 aromatic carbocycles. The fourth-order valence-electron chi connectivity index (χ4n) is 1.60. The average Bonchev–Trinajstić information content (AvgIpc) is 2.39. The van der Waals surface area contributed by atoms with Crippen molar-refractivity contribution in [2.24, 2.45) is 0 Å². The summed E-state index contributed by atoms with van der Waals surface area (Å²) in [5, 5.41) is 11.4. The summed E-state index contributed by atoms with van der Waals surface area (Å²) in [4.78, 5) is 23.0. The molecule has 4 nitrogen and oxygen atoms in total. The second-order valence-electron chi connectivity index (χ2n) is 3.96. The predicted octanol–water partition coefficient (Wildman–Crippen LogP) is 3.54. The molecule has 20 heavy (non-hydrogen) atoms. The first-order chi connectivity index (χ1) is 9.47. The normalized spacial score (nSPS) is 10.1. The fraction of sp³-hybridized carbons (Fsp3) is 0. The third-order valence-electron chi connectivity index (χ3n) is 2.57. The van der Waals surface area contributed by atoms with Gasteiger partial charge in [-0.3, -0.25) is 4.79 Å². The number of hydrogen-bond donors (Lipinski definition) is 2. The highest BCUT2D eigenvalue weighted by atomic mass is 79.9. The lowest BCUT2D eigenvalue weighted by atomic mass is 10.1. The Hall–Kier alpha value is -2.21. The molecule has 0 aliphatic carbocycles. The van der Waals surface area contributed by atoms with Gasteiger partial charge in [0.15, 0.2) is 0 Å². The van der Waals surface area contributed by atoms with E-state index in [1.54, 1.807) is 24.3 Å². The number of amides is 1. The van der Waals surface area contributed by atoms with Gasteiger partial charge in [0, 0.05) is 10.0 Å². The van der Waals surface area contributed by atoms with Crippen molar-refractivity contribution in [1.29, 1.82) is 0 Å². The Bertz CT molecular complexity index is 671. The smallest absolute Gasteiger partial charge is 0.337 e. The maximum absolute atomic E-state index is 13.2. The van der Waals surface area contributed by atoms with Crippen LogP contribution in [0.2, 0.25) is 0 Å². The molecule has 0 unspecified atom stereocenters. The number of rotatable bonds is 3. The van der Waals surface area contributed by atoms with Gasteiger partial charge in [-0.1, -0.05) is 15.9 Å². The number of carbonyl (C=O) groups excluding carboxylic acids is 1. The van der Waals surface area contributed by atoms with Crippen LogP contribution in [0.1, 0.15) is 20.7 Å². The van der Waals surface area contributed by atoms with Crippen LogP contribution in [0.5, 0.6) is 0 Å². The highest BCUT2D eigenvalue weighted by molar-refractivity contribution is 9.10. The Balaban J connectivity index is 2.29. The van der Waals surface area contributed by atoms with Crippen molar-refractivity contribution in [2.75, 3.05) is 5.32 Å². The van der Waals surface area contributed by atoms with Gasteiger partial charge < -0.3 is 10.4 Å². The van der Waals surface area contributed by atoms with Gasteiger partial charge in [0.25, 0.3) is 5.91 Å². The molecule has 0 spiro atoms. The first kappa shape index (κ1) is 14.2. The van der Waals surface area contributed by atoms with Gasteiger partial charge in [0.1, 0.15) is 5.82 Å². The van der Waals surface area contributed by atoms with Crippen LogP contribution in [0.3, 0.4) is 0 Å². The number of anilines is 1. The van der Waals surface area contributed by atoms with Crippen molar-refractivity contribution in [3.63, 3.8) is 0 Å². The molecular formula is C14H9BrFNO3. The Labute approximate surface area is 122 Å². The molecule has 6 heteroatoms. The minimum Gasteiger partial charge on any atom is -0.478 e. The van der Waals surface area contributed by atoms with Crippen molar-refractivity contribution in [3.8, 4) is 0 Å². The van der Waals surface area contributed by atoms with Crippen molar-refractivity contribution >= 4 is 33.5 Å². The van der Waals surface area contributed by atoms with Gasteiger partial charge in [0.2, 0.25) is 0 Å². The summed E-state index contributed by atoms with van der Waals surface area (Å²) >= 11 is 3.24. The fourth-order valence-corrected chi connectivity index (χ4v) is 1.87. The van der Waals surface area contributed by atoms with E-state index in [1.807, 2.05) is 0 Å². The van der Waals surface area contributed by atoms with E-state index >= 15 is 0 Å². The zero-order valence-electron chi connectivity index (χ0n) is 10.1. The van der Waals surface area contributed by atoms with Gasteiger partial charge in [-0.25, -0.2) is 9.18 Å². The Morgan fingerprint density at radius 2 is 1.75 bits per heavy atom. The van der Waals surface area contributed by atoms with Gasteiger partial charge >= 0.3 is 5.97 Å². The molecule has 102 valence electrons. The third-order valence-corrected chi connectivity index (χ3v) is 3.10. The van der Waals surface area contributed by atoms with E-state index in [4.69, 9.17) is 5.11 Å².